The molecule has 7 N–H and O–H groups in total. The van der Waals surface area contributed by atoms with Crippen LogP contribution in [0.1, 0.15) is 0 Å². The topological polar surface area (TPSA) is 178 Å². The molecule has 10 nitrogen and oxygen atoms in total. The first kappa shape index (κ1) is 26.0. The molecule has 0 radical (unpaired) electrons. The Hall–Kier alpha value is 1.28. The van der Waals surface area contributed by atoms with E-state index >= 15 is 0 Å². The average Bonchev–Trinajstić information content (AvgIpc) is 1.43. The number of phosphoric acid groups is 2. The summed E-state index contributed by atoms with van der Waals surface area (Å²) in [5.41, 5.74) is 2.41. The SMILES string of the molecule is [Cl-].[Cl-].[Cl-].[NH3+]P(=O)(O)OP(=O)(O)OP(=O)(O)O. The van der Waals surface area contributed by atoms with Gasteiger partial charge in [0, 0.05) is 0 Å². The van der Waals surface area contributed by atoms with E-state index in [1.54, 1.807) is 0 Å². The third kappa shape index (κ3) is 17.7. The lowest BCUT2D eigenvalue weighted by Crippen LogP contribution is -3.00. The number of quaternary nitrogens is 1. The van der Waals surface area contributed by atoms with Gasteiger partial charge in [-0.05, 0) is 0 Å². The monoisotopic (exact) mass is 363 g/mol. The van der Waals surface area contributed by atoms with Crippen LogP contribution in [0.2, 0.25) is 0 Å². The summed E-state index contributed by atoms with van der Waals surface area (Å²) in [6.07, 6.45) is 0. The highest BCUT2D eigenvalue weighted by atomic mass is 35.5. The van der Waals surface area contributed by atoms with E-state index in [1.807, 2.05) is 0 Å². The predicted octanol–water partition coefficient (Wildman–Crippen LogP) is -10.4. The van der Waals surface area contributed by atoms with Gasteiger partial charge in [-0.3, -0.25) is 10.4 Å². The maximum absolute atomic E-state index is 10.5. The summed E-state index contributed by atoms with van der Waals surface area (Å²) >= 11 is 0. The Balaban J connectivity index is -0.000000240. The van der Waals surface area contributed by atoms with E-state index in [1.165, 1.54) is 0 Å². The second-order valence-electron chi connectivity index (χ2n) is 1.76. The smallest absolute Gasteiger partial charge is 0.533 e. The first-order valence-corrected chi connectivity index (χ1v) is 7.18. The first-order chi connectivity index (χ1) is 5.41. The molecular formula is H7Cl3NO9P3-2. The van der Waals surface area contributed by atoms with E-state index in [-0.39, 0.29) is 37.2 Å². The first-order valence-electron chi connectivity index (χ1n) is 2.39. The highest BCUT2D eigenvalue weighted by molar-refractivity contribution is 7.66. The van der Waals surface area contributed by atoms with Crippen molar-refractivity contribution in [2.75, 3.05) is 0 Å². The van der Waals surface area contributed by atoms with Crippen molar-refractivity contribution in [3.8, 4) is 0 Å². The number of hydrogen-bond donors (Lipinski definition) is 5. The lowest BCUT2D eigenvalue weighted by molar-refractivity contribution is -0.212. The fraction of sp³-hybridized carbons (Fsp3) is 0. The summed E-state index contributed by atoms with van der Waals surface area (Å²) in [7, 11) is -15.2. The van der Waals surface area contributed by atoms with Crippen LogP contribution >= 0.6 is 23.4 Å². The highest BCUT2D eigenvalue weighted by Gasteiger charge is 2.40. The Labute approximate surface area is 108 Å². The number of rotatable bonds is 4. The molecule has 0 aliphatic heterocycles. The molecule has 2 atom stereocenters. The molecule has 16 heteroatoms. The molecule has 16 heavy (non-hydrogen) atoms. The minimum Gasteiger partial charge on any atom is -1.00 e. The molecule has 0 saturated heterocycles. The van der Waals surface area contributed by atoms with Gasteiger partial charge < -0.3 is 51.9 Å². The molecule has 0 fully saturated rings. The van der Waals surface area contributed by atoms with Crippen LogP contribution in [0, 0.1) is 0 Å². The summed E-state index contributed by atoms with van der Waals surface area (Å²) < 4.78 is 37.3. The number of halogens is 3. The molecule has 2 unspecified atom stereocenters. The summed E-state index contributed by atoms with van der Waals surface area (Å²) in [5.74, 6) is 0. The molecule has 0 bridgehead atoms. The molecule has 104 valence electrons. The van der Waals surface area contributed by atoms with Crippen molar-refractivity contribution in [1.29, 1.82) is 0 Å². The maximum Gasteiger partial charge on any atom is 0.533 e. The second kappa shape index (κ2) is 8.39. The standard InChI is InChI=1S/3ClH.H6NO9P3/c;;;1-11(2,3)9-13(7,8)10-12(4,5)6/h3*1H;(H,7,8)(H3,1,2,3)(H2,4,5,6)/p-2. The van der Waals surface area contributed by atoms with Crippen molar-refractivity contribution in [3.63, 3.8) is 0 Å². The lowest BCUT2D eigenvalue weighted by Gasteiger charge is -2.10. The van der Waals surface area contributed by atoms with Gasteiger partial charge in [0.2, 0.25) is 0 Å². The van der Waals surface area contributed by atoms with Crippen molar-refractivity contribution in [2.24, 2.45) is 0 Å². The third-order valence-corrected chi connectivity index (χ3v) is 3.96. The zero-order chi connectivity index (χ0) is 10.9. The minimum absolute atomic E-state index is 0. The van der Waals surface area contributed by atoms with Gasteiger partial charge >= 0.3 is 23.4 Å². The van der Waals surface area contributed by atoms with Gasteiger partial charge in [0.15, 0.2) is 0 Å². The molecule has 0 aliphatic carbocycles. The van der Waals surface area contributed by atoms with Gasteiger partial charge in [0.05, 0.1) is 0 Å². The van der Waals surface area contributed by atoms with Crippen LogP contribution in [0.25, 0.3) is 0 Å². The average molecular weight is 364 g/mol. The molecule has 0 aromatic heterocycles. The van der Waals surface area contributed by atoms with Crippen LogP contribution in [0.15, 0.2) is 0 Å². The molecule has 0 spiro atoms. The normalized spacial score (nSPS) is 17.8. The Kier molecular flexibility index (Phi) is 13.6. The maximum atomic E-state index is 10.5. The Morgan fingerprint density at radius 1 is 0.812 bits per heavy atom. The van der Waals surface area contributed by atoms with Gasteiger partial charge in [0.25, 0.3) is 0 Å². The Morgan fingerprint density at radius 3 is 1.31 bits per heavy atom. The predicted molar refractivity (Wildman–Crippen MR) is 36.8 cm³/mol. The van der Waals surface area contributed by atoms with Crippen molar-refractivity contribution >= 4 is 23.4 Å². The molecule has 0 aliphatic rings. The Morgan fingerprint density at radius 2 is 1.12 bits per heavy atom. The van der Waals surface area contributed by atoms with Crippen molar-refractivity contribution in [1.82, 2.24) is 0 Å². The van der Waals surface area contributed by atoms with Gasteiger partial charge in [-0.15, -0.1) is 0 Å². The van der Waals surface area contributed by atoms with Crippen molar-refractivity contribution in [2.45, 2.75) is 0 Å². The van der Waals surface area contributed by atoms with Crippen LogP contribution in [0.4, 0.5) is 0 Å². The van der Waals surface area contributed by atoms with Gasteiger partial charge in [-0.25, -0.2) is 13.7 Å². The van der Waals surface area contributed by atoms with Gasteiger partial charge in [-0.2, -0.15) is 8.62 Å². The van der Waals surface area contributed by atoms with Crippen molar-refractivity contribution < 1.29 is 84.6 Å². The zero-order valence-corrected chi connectivity index (χ0v) is 12.0. The van der Waals surface area contributed by atoms with E-state index in [9.17, 15) is 13.7 Å². The lowest BCUT2D eigenvalue weighted by atomic mass is 13.9. The fourth-order valence-corrected chi connectivity index (χ4v) is 3.06. The quantitative estimate of drug-likeness (QED) is 0.303. The van der Waals surface area contributed by atoms with Crippen LogP contribution in [-0.2, 0) is 22.3 Å². The van der Waals surface area contributed by atoms with E-state index in [4.69, 9.17) is 19.6 Å². The van der Waals surface area contributed by atoms with E-state index in [0.29, 0.717) is 0 Å². The number of hydrogen-bond acceptors (Lipinski definition) is 5. The second-order valence-corrected chi connectivity index (χ2v) is 6.26. The van der Waals surface area contributed by atoms with Crippen molar-refractivity contribution in [3.05, 3.63) is 0 Å². The van der Waals surface area contributed by atoms with Crippen LogP contribution in [0.3, 0.4) is 0 Å². The summed E-state index contributed by atoms with van der Waals surface area (Å²) in [6, 6.07) is 0. The van der Waals surface area contributed by atoms with E-state index in [2.05, 4.69) is 14.1 Å². The summed E-state index contributed by atoms with van der Waals surface area (Å²) in [4.78, 5) is 32.8. The van der Waals surface area contributed by atoms with E-state index < -0.39 is 23.4 Å². The van der Waals surface area contributed by atoms with Gasteiger partial charge in [-0.1, -0.05) is 0 Å². The minimum atomic E-state index is -5.27. The third-order valence-electron chi connectivity index (χ3n) is 0.440. The summed E-state index contributed by atoms with van der Waals surface area (Å²) in [5, 5.41) is 0. The molecule has 0 rings (SSSR count). The Bertz CT molecular complexity index is 288. The molecular weight excluding hydrogens is 357 g/mol. The highest BCUT2D eigenvalue weighted by Crippen LogP contribution is 2.62. The van der Waals surface area contributed by atoms with Crippen LogP contribution < -0.4 is 42.7 Å². The van der Waals surface area contributed by atoms with Crippen LogP contribution in [-0.4, -0.2) is 19.6 Å². The molecule has 0 heterocycles. The molecule has 0 aromatic carbocycles. The van der Waals surface area contributed by atoms with Crippen LogP contribution in [0.5, 0.6) is 0 Å². The molecule has 0 saturated carbocycles. The molecule has 0 aromatic rings. The van der Waals surface area contributed by atoms with E-state index in [0.717, 1.165) is 0 Å². The summed E-state index contributed by atoms with van der Waals surface area (Å²) in [6.45, 7) is 0. The molecule has 0 amide bonds. The zero-order valence-electron chi connectivity index (χ0n) is 7.01. The largest absolute Gasteiger partial charge is 1.00 e. The fourth-order valence-electron chi connectivity index (χ4n) is 0.311. The van der Waals surface area contributed by atoms with Gasteiger partial charge in [0.1, 0.15) is 0 Å².